The fourth-order valence-electron chi connectivity index (χ4n) is 3.12. The quantitative estimate of drug-likeness (QED) is 0.746. The first kappa shape index (κ1) is 16.8. The van der Waals surface area contributed by atoms with E-state index in [4.69, 9.17) is 4.74 Å². The number of nitrogens with one attached hydrogen (secondary N) is 1. The zero-order valence-corrected chi connectivity index (χ0v) is 15.4. The summed E-state index contributed by atoms with van der Waals surface area (Å²) in [5.74, 6) is 0.642. The minimum absolute atomic E-state index is 0.0387. The molecule has 3 aromatic heterocycles. The molecule has 1 fully saturated rings. The van der Waals surface area contributed by atoms with Gasteiger partial charge in [0.2, 0.25) is 5.88 Å². The lowest BCUT2D eigenvalue weighted by Gasteiger charge is -2.14. The lowest BCUT2D eigenvalue weighted by Crippen LogP contribution is -2.28. The van der Waals surface area contributed by atoms with Gasteiger partial charge in [0.25, 0.3) is 5.91 Å². The summed E-state index contributed by atoms with van der Waals surface area (Å²) in [5, 5.41) is 5.34. The summed E-state index contributed by atoms with van der Waals surface area (Å²) < 4.78 is 6.14. The molecule has 134 valence electrons. The summed E-state index contributed by atoms with van der Waals surface area (Å²) in [6.07, 6.45) is 5.67. The number of carbonyl (C=O) groups is 1. The van der Waals surface area contributed by atoms with Crippen LogP contribution in [-0.4, -0.2) is 41.0 Å². The monoisotopic (exact) mass is 368 g/mol. The van der Waals surface area contributed by atoms with Crippen molar-refractivity contribution in [3.05, 3.63) is 47.9 Å². The van der Waals surface area contributed by atoms with E-state index in [1.165, 1.54) is 0 Å². The fraction of sp³-hybridized carbons (Fsp3) is 0.316. The number of thiophene rings is 1. The molecule has 26 heavy (non-hydrogen) atoms. The van der Waals surface area contributed by atoms with Crippen molar-refractivity contribution in [3.8, 4) is 5.88 Å². The molecule has 0 radical (unpaired) electrons. The zero-order chi connectivity index (χ0) is 17.9. The van der Waals surface area contributed by atoms with E-state index >= 15 is 0 Å². The number of amides is 1. The van der Waals surface area contributed by atoms with Gasteiger partial charge in [0.05, 0.1) is 12.1 Å². The first-order chi connectivity index (χ1) is 12.7. The number of pyridine rings is 2. The zero-order valence-electron chi connectivity index (χ0n) is 14.6. The van der Waals surface area contributed by atoms with Crippen LogP contribution in [0.4, 0.5) is 5.00 Å². The lowest BCUT2D eigenvalue weighted by molar-refractivity contribution is 0.0789. The molecule has 1 aliphatic heterocycles. The minimum atomic E-state index is 0.0387. The van der Waals surface area contributed by atoms with Gasteiger partial charge < -0.3 is 15.0 Å². The fourth-order valence-corrected chi connectivity index (χ4v) is 4.07. The van der Waals surface area contributed by atoms with Crippen molar-refractivity contribution >= 4 is 32.3 Å². The van der Waals surface area contributed by atoms with E-state index in [-0.39, 0.29) is 5.91 Å². The van der Waals surface area contributed by atoms with Crippen LogP contribution in [0, 0.1) is 0 Å². The molecule has 1 N–H and O–H groups in total. The molecular weight excluding hydrogens is 348 g/mol. The third kappa shape index (κ3) is 3.35. The molecule has 4 heterocycles. The highest BCUT2D eigenvalue weighted by Crippen LogP contribution is 2.32. The van der Waals surface area contributed by atoms with Crippen LogP contribution in [0.15, 0.2) is 36.7 Å². The maximum absolute atomic E-state index is 12.7. The van der Waals surface area contributed by atoms with E-state index in [2.05, 4.69) is 15.3 Å². The number of ether oxygens (including phenoxy) is 1. The van der Waals surface area contributed by atoms with E-state index in [0.717, 1.165) is 46.6 Å². The van der Waals surface area contributed by atoms with Gasteiger partial charge in [-0.05, 0) is 30.5 Å². The Labute approximate surface area is 155 Å². The van der Waals surface area contributed by atoms with Crippen molar-refractivity contribution < 1.29 is 9.53 Å². The molecule has 0 unspecified atom stereocenters. The van der Waals surface area contributed by atoms with Gasteiger partial charge in [-0.15, -0.1) is 11.3 Å². The molecule has 0 spiro atoms. The standard InChI is InChI=1S/C19H20N4O2S/c1-25-16-5-4-13(11-21-16)12-22-17-10-14-15(26-17)6-7-20-18(14)19(24)23-8-2-3-9-23/h4-7,10-11,22H,2-3,8-9,12H2,1H3. The van der Waals surface area contributed by atoms with E-state index < -0.39 is 0 Å². The van der Waals surface area contributed by atoms with Crippen LogP contribution in [0.3, 0.4) is 0 Å². The van der Waals surface area contributed by atoms with Crippen molar-refractivity contribution in [2.75, 3.05) is 25.5 Å². The summed E-state index contributed by atoms with van der Waals surface area (Å²) in [7, 11) is 1.60. The molecule has 7 heteroatoms. The highest BCUT2D eigenvalue weighted by Gasteiger charge is 2.23. The van der Waals surface area contributed by atoms with E-state index in [1.54, 1.807) is 30.8 Å². The van der Waals surface area contributed by atoms with Crippen molar-refractivity contribution in [2.24, 2.45) is 0 Å². The average molecular weight is 368 g/mol. The van der Waals surface area contributed by atoms with Crippen LogP contribution in [0.2, 0.25) is 0 Å². The summed E-state index contributed by atoms with van der Waals surface area (Å²) in [5.41, 5.74) is 1.62. The molecule has 3 aromatic rings. The highest BCUT2D eigenvalue weighted by molar-refractivity contribution is 7.22. The lowest BCUT2D eigenvalue weighted by atomic mass is 10.2. The van der Waals surface area contributed by atoms with Crippen LogP contribution in [0.25, 0.3) is 10.1 Å². The average Bonchev–Trinajstić information content (AvgIpc) is 3.35. The largest absolute Gasteiger partial charge is 0.481 e. The Kier molecular flexibility index (Phi) is 4.71. The summed E-state index contributed by atoms with van der Waals surface area (Å²) >= 11 is 1.63. The Balaban J connectivity index is 1.53. The van der Waals surface area contributed by atoms with Gasteiger partial charge in [-0.25, -0.2) is 4.98 Å². The second-order valence-electron chi connectivity index (χ2n) is 6.24. The third-order valence-electron chi connectivity index (χ3n) is 4.51. The Hall–Kier alpha value is -2.67. The second kappa shape index (κ2) is 7.29. The molecule has 1 aliphatic rings. The number of fused-ring (bicyclic) bond motifs is 1. The van der Waals surface area contributed by atoms with Gasteiger partial charge in [0, 0.05) is 48.2 Å². The van der Waals surface area contributed by atoms with E-state index in [0.29, 0.717) is 18.1 Å². The highest BCUT2D eigenvalue weighted by atomic mass is 32.1. The van der Waals surface area contributed by atoms with Crippen molar-refractivity contribution in [1.82, 2.24) is 14.9 Å². The maximum atomic E-state index is 12.7. The van der Waals surface area contributed by atoms with Crippen LogP contribution in [-0.2, 0) is 6.54 Å². The maximum Gasteiger partial charge on any atom is 0.273 e. The molecule has 1 amide bonds. The number of anilines is 1. The number of likely N-dealkylation sites (tertiary alicyclic amines) is 1. The van der Waals surface area contributed by atoms with Gasteiger partial charge in [0.1, 0.15) is 5.69 Å². The van der Waals surface area contributed by atoms with Crippen LogP contribution in [0.1, 0.15) is 28.9 Å². The van der Waals surface area contributed by atoms with Gasteiger partial charge in [-0.1, -0.05) is 6.07 Å². The topological polar surface area (TPSA) is 67.3 Å². The smallest absolute Gasteiger partial charge is 0.273 e. The van der Waals surface area contributed by atoms with Crippen LogP contribution < -0.4 is 10.1 Å². The molecular formula is C19H20N4O2S. The predicted octanol–water partition coefficient (Wildman–Crippen LogP) is 3.55. The third-order valence-corrected chi connectivity index (χ3v) is 5.57. The molecule has 1 saturated heterocycles. The molecule has 0 aliphatic carbocycles. The predicted molar refractivity (Wildman–Crippen MR) is 103 cm³/mol. The molecule has 4 rings (SSSR count). The molecule has 6 nitrogen and oxygen atoms in total. The first-order valence-electron chi connectivity index (χ1n) is 8.65. The number of methoxy groups -OCH3 is 1. The number of rotatable bonds is 5. The SMILES string of the molecule is COc1ccc(CNc2cc3c(C(=O)N4CCCC4)nccc3s2)cn1. The molecule has 0 aromatic carbocycles. The summed E-state index contributed by atoms with van der Waals surface area (Å²) in [4.78, 5) is 23.2. The van der Waals surface area contributed by atoms with Crippen molar-refractivity contribution in [1.29, 1.82) is 0 Å². The Morgan fingerprint density at radius 2 is 2.12 bits per heavy atom. The Morgan fingerprint density at radius 1 is 1.27 bits per heavy atom. The number of hydrogen-bond acceptors (Lipinski definition) is 6. The van der Waals surface area contributed by atoms with Gasteiger partial charge >= 0.3 is 0 Å². The number of aromatic nitrogens is 2. The first-order valence-corrected chi connectivity index (χ1v) is 9.47. The van der Waals surface area contributed by atoms with Crippen molar-refractivity contribution in [3.63, 3.8) is 0 Å². The van der Waals surface area contributed by atoms with E-state index in [9.17, 15) is 4.79 Å². The number of hydrogen-bond donors (Lipinski definition) is 1. The Bertz CT molecular complexity index is 917. The Morgan fingerprint density at radius 3 is 2.85 bits per heavy atom. The number of nitrogens with zero attached hydrogens (tertiary/aromatic N) is 3. The summed E-state index contributed by atoms with van der Waals surface area (Å²) in [6.45, 7) is 2.32. The van der Waals surface area contributed by atoms with E-state index in [1.807, 2.05) is 29.2 Å². The van der Waals surface area contributed by atoms with Crippen LogP contribution in [0.5, 0.6) is 5.88 Å². The molecule has 0 atom stereocenters. The van der Waals surface area contributed by atoms with Gasteiger partial charge in [-0.3, -0.25) is 9.78 Å². The second-order valence-corrected chi connectivity index (χ2v) is 7.33. The molecule has 0 saturated carbocycles. The van der Waals surface area contributed by atoms with Crippen LogP contribution >= 0.6 is 11.3 Å². The normalized spacial score (nSPS) is 14.0. The minimum Gasteiger partial charge on any atom is -0.481 e. The van der Waals surface area contributed by atoms with Crippen molar-refractivity contribution in [2.45, 2.75) is 19.4 Å². The number of carbonyl (C=O) groups excluding carboxylic acids is 1. The van der Waals surface area contributed by atoms with Gasteiger partial charge in [-0.2, -0.15) is 0 Å². The summed E-state index contributed by atoms with van der Waals surface area (Å²) in [6, 6.07) is 7.81. The van der Waals surface area contributed by atoms with Gasteiger partial charge in [0.15, 0.2) is 0 Å². The molecule has 0 bridgehead atoms.